The van der Waals surface area contributed by atoms with Crippen LogP contribution in [0, 0.1) is 5.82 Å². The average Bonchev–Trinajstić information content (AvgIpc) is 2.42. The highest BCUT2D eigenvalue weighted by Crippen LogP contribution is 2.19. The second kappa shape index (κ2) is 6.10. The Balaban J connectivity index is 2.13. The average molecular weight is 261 g/mol. The minimum absolute atomic E-state index is 0.108. The molecule has 0 aliphatic carbocycles. The third-order valence-electron chi connectivity index (χ3n) is 2.55. The van der Waals surface area contributed by atoms with Crippen molar-refractivity contribution in [1.82, 2.24) is 9.97 Å². The maximum absolute atomic E-state index is 13.5. The predicted octanol–water partition coefficient (Wildman–Crippen LogP) is 2.12. The highest BCUT2D eigenvalue weighted by molar-refractivity contribution is 5.59. The molecule has 2 aromatic rings. The van der Waals surface area contributed by atoms with Gasteiger partial charge in [0.1, 0.15) is 23.8 Å². The second-order valence-corrected chi connectivity index (χ2v) is 4.17. The standard InChI is InChI=1S/C13H16FN5/c1-9(7-15)18-12-6-13(17-8-16-12)19-11-5-3-2-4-10(11)14/h2-6,8-9H,7,15H2,1H3,(H2,16,17,18,19). The lowest BCUT2D eigenvalue weighted by molar-refractivity contribution is 0.632. The van der Waals surface area contributed by atoms with Gasteiger partial charge in [-0.3, -0.25) is 0 Å². The summed E-state index contributed by atoms with van der Waals surface area (Å²) in [4.78, 5) is 8.13. The molecule has 1 aromatic carbocycles. The van der Waals surface area contributed by atoms with Crippen LogP contribution in [0.1, 0.15) is 6.92 Å². The van der Waals surface area contributed by atoms with Crippen LogP contribution in [0.4, 0.5) is 21.7 Å². The smallest absolute Gasteiger partial charge is 0.146 e. The number of benzene rings is 1. The van der Waals surface area contributed by atoms with Gasteiger partial charge in [0.2, 0.25) is 0 Å². The van der Waals surface area contributed by atoms with E-state index in [1.807, 2.05) is 6.92 Å². The first-order valence-electron chi connectivity index (χ1n) is 5.99. The van der Waals surface area contributed by atoms with E-state index in [0.29, 0.717) is 23.9 Å². The quantitative estimate of drug-likeness (QED) is 0.768. The van der Waals surface area contributed by atoms with Gasteiger partial charge in [-0.05, 0) is 19.1 Å². The number of hydrogen-bond donors (Lipinski definition) is 3. The number of halogens is 1. The lowest BCUT2D eigenvalue weighted by Crippen LogP contribution is -2.25. The molecule has 0 spiro atoms. The molecule has 0 aliphatic heterocycles. The lowest BCUT2D eigenvalue weighted by Gasteiger charge is -2.13. The molecule has 2 rings (SSSR count). The van der Waals surface area contributed by atoms with E-state index in [0.717, 1.165) is 0 Å². The van der Waals surface area contributed by atoms with Crippen LogP contribution in [0.3, 0.4) is 0 Å². The summed E-state index contributed by atoms with van der Waals surface area (Å²) in [6.45, 7) is 2.45. The Morgan fingerprint density at radius 3 is 2.74 bits per heavy atom. The number of para-hydroxylation sites is 1. The zero-order valence-corrected chi connectivity index (χ0v) is 10.6. The third-order valence-corrected chi connectivity index (χ3v) is 2.55. The third kappa shape index (κ3) is 3.62. The molecule has 5 nitrogen and oxygen atoms in total. The van der Waals surface area contributed by atoms with Crippen molar-refractivity contribution >= 4 is 17.3 Å². The number of rotatable bonds is 5. The van der Waals surface area contributed by atoms with E-state index in [9.17, 15) is 4.39 Å². The Morgan fingerprint density at radius 2 is 2.00 bits per heavy atom. The summed E-state index contributed by atoms with van der Waals surface area (Å²) in [6.07, 6.45) is 1.41. The molecule has 1 atom stereocenters. The Morgan fingerprint density at radius 1 is 1.26 bits per heavy atom. The van der Waals surface area contributed by atoms with Gasteiger partial charge in [0, 0.05) is 18.7 Å². The molecule has 0 saturated heterocycles. The molecule has 19 heavy (non-hydrogen) atoms. The molecular formula is C13H16FN5. The van der Waals surface area contributed by atoms with Gasteiger partial charge < -0.3 is 16.4 Å². The van der Waals surface area contributed by atoms with Crippen LogP contribution >= 0.6 is 0 Å². The van der Waals surface area contributed by atoms with Crippen LogP contribution in [0.15, 0.2) is 36.7 Å². The summed E-state index contributed by atoms with van der Waals surface area (Å²) in [5, 5.41) is 6.03. The molecule has 1 heterocycles. The maximum atomic E-state index is 13.5. The van der Waals surface area contributed by atoms with Gasteiger partial charge in [-0.1, -0.05) is 12.1 Å². The van der Waals surface area contributed by atoms with Crippen LogP contribution in [0.2, 0.25) is 0 Å². The molecule has 100 valence electrons. The Labute approximate surface area is 111 Å². The van der Waals surface area contributed by atoms with Gasteiger partial charge in [-0.2, -0.15) is 0 Å². The monoisotopic (exact) mass is 261 g/mol. The van der Waals surface area contributed by atoms with Crippen LogP contribution in [0.25, 0.3) is 0 Å². The van der Waals surface area contributed by atoms with Gasteiger partial charge in [0.15, 0.2) is 0 Å². The van der Waals surface area contributed by atoms with Crippen molar-refractivity contribution in [2.45, 2.75) is 13.0 Å². The molecular weight excluding hydrogens is 245 g/mol. The van der Waals surface area contributed by atoms with E-state index in [-0.39, 0.29) is 11.9 Å². The number of hydrogen-bond acceptors (Lipinski definition) is 5. The van der Waals surface area contributed by atoms with Gasteiger partial charge >= 0.3 is 0 Å². The zero-order valence-electron chi connectivity index (χ0n) is 10.6. The van der Waals surface area contributed by atoms with Crippen molar-refractivity contribution in [3.8, 4) is 0 Å². The molecule has 0 bridgehead atoms. The molecule has 4 N–H and O–H groups in total. The summed E-state index contributed by atoms with van der Waals surface area (Å²) in [5.41, 5.74) is 5.90. The minimum Gasteiger partial charge on any atom is -0.366 e. The number of aromatic nitrogens is 2. The van der Waals surface area contributed by atoms with Gasteiger partial charge in [-0.15, -0.1) is 0 Å². The largest absolute Gasteiger partial charge is 0.366 e. The van der Waals surface area contributed by atoms with E-state index < -0.39 is 0 Å². The highest BCUT2D eigenvalue weighted by atomic mass is 19.1. The molecule has 6 heteroatoms. The highest BCUT2D eigenvalue weighted by Gasteiger charge is 2.05. The summed E-state index contributed by atoms with van der Waals surface area (Å²) >= 11 is 0. The number of nitrogens with zero attached hydrogens (tertiary/aromatic N) is 2. The minimum atomic E-state index is -0.328. The van der Waals surface area contributed by atoms with Crippen molar-refractivity contribution in [2.24, 2.45) is 5.73 Å². The zero-order chi connectivity index (χ0) is 13.7. The summed E-state index contributed by atoms with van der Waals surface area (Å²) < 4.78 is 13.5. The van der Waals surface area contributed by atoms with Gasteiger partial charge in [0.25, 0.3) is 0 Å². The molecule has 0 radical (unpaired) electrons. The topological polar surface area (TPSA) is 75.9 Å². The van der Waals surface area contributed by atoms with Crippen molar-refractivity contribution in [3.05, 3.63) is 42.5 Å². The number of nitrogens with two attached hydrogens (primary N) is 1. The molecule has 1 unspecified atom stereocenters. The predicted molar refractivity (Wildman–Crippen MR) is 73.9 cm³/mol. The number of anilines is 3. The first kappa shape index (κ1) is 13.2. The fraction of sp³-hybridized carbons (Fsp3) is 0.231. The van der Waals surface area contributed by atoms with Crippen molar-refractivity contribution in [3.63, 3.8) is 0 Å². The van der Waals surface area contributed by atoms with Crippen molar-refractivity contribution in [1.29, 1.82) is 0 Å². The van der Waals surface area contributed by atoms with Gasteiger partial charge in [-0.25, -0.2) is 14.4 Å². The van der Waals surface area contributed by atoms with E-state index in [2.05, 4.69) is 20.6 Å². The van der Waals surface area contributed by atoms with E-state index in [1.165, 1.54) is 12.4 Å². The summed E-state index contributed by atoms with van der Waals surface area (Å²) in [5.74, 6) is 0.838. The van der Waals surface area contributed by atoms with Crippen molar-refractivity contribution in [2.75, 3.05) is 17.2 Å². The summed E-state index contributed by atoms with van der Waals surface area (Å²) in [7, 11) is 0. The second-order valence-electron chi connectivity index (χ2n) is 4.17. The van der Waals surface area contributed by atoms with Crippen LogP contribution in [-0.4, -0.2) is 22.6 Å². The molecule has 0 fully saturated rings. The fourth-order valence-corrected chi connectivity index (χ4v) is 1.52. The molecule has 0 amide bonds. The normalized spacial score (nSPS) is 11.9. The van der Waals surface area contributed by atoms with Crippen molar-refractivity contribution < 1.29 is 4.39 Å². The number of nitrogens with one attached hydrogen (secondary N) is 2. The van der Waals surface area contributed by atoms with E-state index in [4.69, 9.17) is 5.73 Å². The Kier molecular flexibility index (Phi) is 4.25. The molecule has 0 aliphatic rings. The fourth-order valence-electron chi connectivity index (χ4n) is 1.52. The maximum Gasteiger partial charge on any atom is 0.146 e. The molecule has 1 aromatic heterocycles. The molecule has 0 saturated carbocycles. The SMILES string of the molecule is CC(CN)Nc1cc(Nc2ccccc2F)ncn1. The first-order valence-corrected chi connectivity index (χ1v) is 5.99. The van der Waals surface area contributed by atoms with Crippen LogP contribution < -0.4 is 16.4 Å². The Hall–Kier alpha value is -2.21. The van der Waals surface area contributed by atoms with Crippen LogP contribution in [0.5, 0.6) is 0 Å². The van der Waals surface area contributed by atoms with E-state index in [1.54, 1.807) is 24.3 Å². The van der Waals surface area contributed by atoms with Gasteiger partial charge in [0.05, 0.1) is 5.69 Å². The lowest BCUT2D eigenvalue weighted by atomic mass is 10.3. The summed E-state index contributed by atoms with van der Waals surface area (Å²) in [6, 6.07) is 8.24. The van der Waals surface area contributed by atoms with E-state index >= 15 is 0 Å². The Bertz CT molecular complexity index is 546. The van der Waals surface area contributed by atoms with Crippen LogP contribution in [-0.2, 0) is 0 Å². The first-order chi connectivity index (χ1) is 9.19.